The number of nitrogens with one attached hydrogen (secondary N) is 2. The molecule has 3 aromatic rings. The number of H-pyrrole nitrogens is 1. The van der Waals surface area contributed by atoms with Crippen molar-refractivity contribution in [1.82, 2.24) is 20.2 Å². The van der Waals surface area contributed by atoms with Crippen LogP contribution in [0.4, 0.5) is 0 Å². The van der Waals surface area contributed by atoms with Gasteiger partial charge in [0.2, 0.25) is 0 Å². The number of hydrogen-bond donors (Lipinski definition) is 2. The molecule has 5 nitrogen and oxygen atoms in total. The number of likely N-dealkylation sites (tertiary alicyclic amines) is 1. The number of hydrogen-bond acceptors (Lipinski definition) is 4. The maximum absolute atomic E-state index is 5.67. The zero-order valence-electron chi connectivity index (χ0n) is 15.2. The summed E-state index contributed by atoms with van der Waals surface area (Å²) in [6.07, 6.45) is 8.07. The van der Waals surface area contributed by atoms with Gasteiger partial charge in [0.15, 0.2) is 0 Å². The maximum atomic E-state index is 5.67. The summed E-state index contributed by atoms with van der Waals surface area (Å²) < 4.78 is 5.67. The minimum atomic E-state index is 0.565. The van der Waals surface area contributed by atoms with Crippen LogP contribution < -0.4 is 10.1 Å². The van der Waals surface area contributed by atoms with Crippen LogP contribution in [0.1, 0.15) is 24.0 Å². The number of pyridine rings is 1. The third-order valence-corrected chi connectivity index (χ3v) is 5.29. The van der Waals surface area contributed by atoms with Gasteiger partial charge in [0.1, 0.15) is 5.75 Å². The third kappa shape index (κ3) is 3.74. The lowest BCUT2D eigenvalue weighted by molar-refractivity contribution is 0.190. The molecule has 0 spiro atoms. The van der Waals surface area contributed by atoms with E-state index in [9.17, 15) is 0 Å². The average Bonchev–Trinajstić information content (AvgIpc) is 3.16. The molecule has 1 fully saturated rings. The molecular weight excluding hydrogens is 324 g/mol. The van der Waals surface area contributed by atoms with Crippen LogP contribution in [0.3, 0.4) is 0 Å². The molecule has 0 unspecified atom stereocenters. The molecule has 5 heteroatoms. The molecule has 0 aliphatic carbocycles. The molecule has 2 aromatic heterocycles. The number of benzene rings is 1. The zero-order valence-corrected chi connectivity index (χ0v) is 15.2. The van der Waals surface area contributed by atoms with Crippen molar-refractivity contribution in [1.29, 1.82) is 0 Å². The second-order valence-electron chi connectivity index (χ2n) is 6.98. The van der Waals surface area contributed by atoms with Crippen molar-refractivity contribution in [3.63, 3.8) is 0 Å². The van der Waals surface area contributed by atoms with E-state index in [-0.39, 0.29) is 0 Å². The predicted octanol–water partition coefficient (Wildman–Crippen LogP) is 3.33. The Balaban J connectivity index is 1.31. The fourth-order valence-electron chi connectivity index (χ4n) is 3.83. The van der Waals surface area contributed by atoms with Crippen LogP contribution in [0.15, 0.2) is 48.9 Å². The molecule has 136 valence electrons. The minimum Gasteiger partial charge on any atom is -0.496 e. The molecule has 26 heavy (non-hydrogen) atoms. The van der Waals surface area contributed by atoms with E-state index in [2.05, 4.69) is 50.5 Å². The summed E-state index contributed by atoms with van der Waals surface area (Å²) >= 11 is 0. The normalized spacial score (nSPS) is 16.2. The van der Waals surface area contributed by atoms with Gasteiger partial charge in [-0.05, 0) is 55.8 Å². The summed E-state index contributed by atoms with van der Waals surface area (Å²) in [5.41, 5.74) is 3.68. The summed E-state index contributed by atoms with van der Waals surface area (Å²) in [7, 11) is 1.75. The lowest BCUT2D eigenvalue weighted by Gasteiger charge is -2.32. The van der Waals surface area contributed by atoms with Crippen LogP contribution in [-0.4, -0.2) is 41.1 Å². The Morgan fingerprint density at radius 1 is 1.15 bits per heavy atom. The highest BCUT2D eigenvalue weighted by Gasteiger charge is 2.19. The van der Waals surface area contributed by atoms with E-state index in [1.54, 1.807) is 7.11 Å². The molecule has 0 bridgehead atoms. The zero-order chi connectivity index (χ0) is 17.8. The molecule has 0 amide bonds. The van der Waals surface area contributed by atoms with Gasteiger partial charge in [-0.3, -0.25) is 9.88 Å². The first-order valence-electron chi connectivity index (χ1n) is 9.31. The van der Waals surface area contributed by atoms with Crippen molar-refractivity contribution in [2.75, 3.05) is 20.2 Å². The number of nitrogens with zero attached hydrogens (tertiary/aromatic N) is 2. The summed E-state index contributed by atoms with van der Waals surface area (Å²) in [5, 5.41) is 4.88. The SMILES string of the molecule is COc1c(CNC2CCN(Cc3ccncc3)CC2)ccc2[nH]ccc12. The summed E-state index contributed by atoms with van der Waals surface area (Å²) in [4.78, 5) is 9.86. The number of fused-ring (bicyclic) bond motifs is 1. The van der Waals surface area contributed by atoms with Gasteiger partial charge < -0.3 is 15.0 Å². The van der Waals surface area contributed by atoms with Gasteiger partial charge in [-0.1, -0.05) is 6.07 Å². The van der Waals surface area contributed by atoms with Gasteiger partial charge in [-0.15, -0.1) is 0 Å². The Hall–Kier alpha value is -2.37. The van der Waals surface area contributed by atoms with Crippen molar-refractivity contribution < 1.29 is 4.74 Å². The highest BCUT2D eigenvalue weighted by Crippen LogP contribution is 2.29. The van der Waals surface area contributed by atoms with E-state index in [1.807, 2.05) is 18.6 Å². The number of ether oxygens (including phenoxy) is 1. The van der Waals surface area contributed by atoms with Crippen molar-refractivity contribution >= 4 is 10.9 Å². The monoisotopic (exact) mass is 350 g/mol. The first-order chi connectivity index (χ1) is 12.8. The Morgan fingerprint density at radius 2 is 1.96 bits per heavy atom. The summed E-state index contributed by atoms with van der Waals surface area (Å²) in [6.45, 7) is 4.13. The fourth-order valence-corrected chi connectivity index (χ4v) is 3.83. The topological polar surface area (TPSA) is 53.2 Å². The van der Waals surface area contributed by atoms with Gasteiger partial charge in [0.05, 0.1) is 7.11 Å². The number of aromatic nitrogens is 2. The predicted molar refractivity (Wildman–Crippen MR) is 104 cm³/mol. The van der Waals surface area contributed by atoms with Crippen LogP contribution in [-0.2, 0) is 13.1 Å². The van der Waals surface area contributed by atoms with Gasteiger partial charge in [0.25, 0.3) is 0 Å². The van der Waals surface area contributed by atoms with E-state index in [0.717, 1.165) is 42.8 Å². The third-order valence-electron chi connectivity index (χ3n) is 5.29. The van der Waals surface area contributed by atoms with Crippen LogP contribution in [0.2, 0.25) is 0 Å². The molecule has 1 saturated heterocycles. The fraction of sp³-hybridized carbons (Fsp3) is 0.381. The first-order valence-corrected chi connectivity index (χ1v) is 9.31. The number of aromatic amines is 1. The van der Waals surface area contributed by atoms with E-state index >= 15 is 0 Å². The van der Waals surface area contributed by atoms with Crippen LogP contribution in [0, 0.1) is 0 Å². The van der Waals surface area contributed by atoms with Gasteiger partial charge >= 0.3 is 0 Å². The van der Waals surface area contributed by atoms with Gasteiger partial charge in [0, 0.05) is 54.2 Å². The Bertz CT molecular complexity index is 838. The molecule has 3 heterocycles. The number of methoxy groups -OCH3 is 1. The average molecular weight is 350 g/mol. The molecule has 2 N–H and O–H groups in total. The lowest BCUT2D eigenvalue weighted by Crippen LogP contribution is -2.41. The molecule has 0 atom stereocenters. The minimum absolute atomic E-state index is 0.565. The number of rotatable bonds is 6. The maximum Gasteiger partial charge on any atom is 0.132 e. The standard InChI is InChI=1S/C21H26N4O/c1-26-21-17(2-3-20-19(21)6-11-23-20)14-24-18-7-12-25(13-8-18)15-16-4-9-22-10-5-16/h2-6,9-11,18,23-24H,7-8,12-15H2,1H3. The second kappa shape index (κ2) is 7.89. The van der Waals surface area contributed by atoms with Crippen LogP contribution >= 0.6 is 0 Å². The summed E-state index contributed by atoms with van der Waals surface area (Å²) in [5.74, 6) is 0.978. The smallest absolute Gasteiger partial charge is 0.132 e. The second-order valence-corrected chi connectivity index (χ2v) is 6.98. The van der Waals surface area contributed by atoms with Crippen molar-refractivity contribution in [3.05, 3.63) is 60.0 Å². The first kappa shape index (κ1) is 17.1. The highest BCUT2D eigenvalue weighted by molar-refractivity contribution is 5.87. The molecular formula is C21H26N4O. The van der Waals surface area contributed by atoms with Gasteiger partial charge in [-0.25, -0.2) is 0 Å². The van der Waals surface area contributed by atoms with E-state index in [4.69, 9.17) is 4.74 Å². The van der Waals surface area contributed by atoms with Crippen LogP contribution in [0.25, 0.3) is 10.9 Å². The molecule has 0 radical (unpaired) electrons. The Morgan fingerprint density at radius 3 is 2.73 bits per heavy atom. The Labute approximate surface area is 154 Å². The van der Waals surface area contributed by atoms with E-state index in [0.29, 0.717) is 6.04 Å². The van der Waals surface area contributed by atoms with Crippen molar-refractivity contribution in [3.8, 4) is 5.75 Å². The van der Waals surface area contributed by atoms with E-state index in [1.165, 1.54) is 24.0 Å². The van der Waals surface area contributed by atoms with E-state index < -0.39 is 0 Å². The lowest BCUT2D eigenvalue weighted by atomic mass is 10.0. The quantitative estimate of drug-likeness (QED) is 0.716. The molecule has 1 aromatic carbocycles. The molecule has 0 saturated carbocycles. The highest BCUT2D eigenvalue weighted by atomic mass is 16.5. The number of piperidine rings is 1. The molecule has 4 rings (SSSR count). The summed E-state index contributed by atoms with van der Waals surface area (Å²) in [6, 6.07) is 11.1. The van der Waals surface area contributed by atoms with Crippen LogP contribution in [0.5, 0.6) is 5.75 Å². The molecule has 1 aliphatic heterocycles. The molecule has 1 aliphatic rings. The largest absolute Gasteiger partial charge is 0.496 e. The van der Waals surface area contributed by atoms with Gasteiger partial charge in [-0.2, -0.15) is 0 Å². The van der Waals surface area contributed by atoms with Crippen molar-refractivity contribution in [2.24, 2.45) is 0 Å². The van der Waals surface area contributed by atoms with Crippen molar-refractivity contribution in [2.45, 2.75) is 32.0 Å². The Kier molecular flexibility index (Phi) is 5.18.